The highest BCUT2D eigenvalue weighted by Gasteiger charge is 2.11. The average Bonchev–Trinajstić information content (AvgIpc) is 3.18. The average molecular weight is 465 g/mol. The van der Waals surface area contributed by atoms with E-state index in [0.29, 0.717) is 13.2 Å². The highest BCUT2D eigenvalue weighted by Crippen LogP contribution is 2.26. The van der Waals surface area contributed by atoms with E-state index in [2.05, 4.69) is 10.6 Å². The minimum atomic E-state index is 0.404. The Labute approximate surface area is 199 Å². The number of benzene rings is 3. The zero-order chi connectivity index (χ0) is 23.2. The molecule has 172 valence electrons. The van der Waals surface area contributed by atoms with Crippen molar-refractivity contribution < 1.29 is 14.2 Å². The third-order valence-corrected chi connectivity index (χ3v) is 6.21. The summed E-state index contributed by atoms with van der Waals surface area (Å²) in [6, 6.07) is 19.8. The molecule has 1 heterocycles. The van der Waals surface area contributed by atoms with Gasteiger partial charge in [-0.15, -0.1) is 0 Å². The summed E-state index contributed by atoms with van der Waals surface area (Å²) in [5.74, 6) is 3.38. The molecule has 1 aromatic heterocycles. The monoisotopic (exact) mass is 464 g/mol. The number of halogens is 1. The number of rotatable bonds is 10. The summed E-state index contributed by atoms with van der Waals surface area (Å²) in [6.45, 7) is 5.92. The standard InChI is InChI=1S/C27H29ClN2O3/c1-19-16-23(17-20(2)27(19)28)32-15-7-6-14-30-25-9-5-4-8-24(25)29-26(30)18-33-22-12-10-21(31-3)11-13-22/h4-5,8-13,16-17H,6-7,14-15,18H2,1-3H3. The molecule has 5 nitrogen and oxygen atoms in total. The van der Waals surface area contributed by atoms with Gasteiger partial charge in [0.2, 0.25) is 0 Å². The van der Waals surface area contributed by atoms with Crippen LogP contribution in [-0.4, -0.2) is 23.3 Å². The highest BCUT2D eigenvalue weighted by molar-refractivity contribution is 6.32. The summed E-state index contributed by atoms with van der Waals surface area (Å²) >= 11 is 6.25. The molecule has 4 aromatic rings. The molecule has 0 saturated carbocycles. The number of ether oxygens (including phenoxy) is 3. The Hall–Kier alpha value is -3.18. The fourth-order valence-electron chi connectivity index (χ4n) is 3.86. The number of unbranched alkanes of at least 4 members (excludes halogenated alkanes) is 1. The third-order valence-electron chi connectivity index (χ3n) is 5.62. The summed E-state index contributed by atoms with van der Waals surface area (Å²) in [7, 11) is 1.65. The summed E-state index contributed by atoms with van der Waals surface area (Å²) in [5, 5.41) is 0.804. The van der Waals surface area contributed by atoms with Crippen LogP contribution >= 0.6 is 11.6 Å². The van der Waals surface area contributed by atoms with E-state index >= 15 is 0 Å². The van der Waals surface area contributed by atoms with Gasteiger partial charge in [-0.2, -0.15) is 0 Å². The number of nitrogens with zero attached hydrogens (tertiary/aromatic N) is 2. The SMILES string of the molecule is COc1ccc(OCc2nc3ccccc3n2CCCCOc2cc(C)c(Cl)c(C)c2)cc1. The maximum atomic E-state index is 6.25. The zero-order valence-corrected chi connectivity index (χ0v) is 20.1. The first-order valence-corrected chi connectivity index (χ1v) is 11.5. The fraction of sp³-hybridized carbons (Fsp3) is 0.296. The van der Waals surface area contributed by atoms with E-state index in [1.54, 1.807) is 7.11 Å². The van der Waals surface area contributed by atoms with Crippen LogP contribution in [0.4, 0.5) is 0 Å². The van der Waals surface area contributed by atoms with Gasteiger partial charge in [-0.05, 0) is 86.3 Å². The number of fused-ring (bicyclic) bond motifs is 1. The number of hydrogen-bond donors (Lipinski definition) is 0. The van der Waals surface area contributed by atoms with Crippen LogP contribution in [0.2, 0.25) is 5.02 Å². The first kappa shape index (κ1) is 23.0. The number of methoxy groups -OCH3 is 1. The molecule has 0 amide bonds. The zero-order valence-electron chi connectivity index (χ0n) is 19.3. The Kier molecular flexibility index (Phi) is 7.40. The van der Waals surface area contributed by atoms with Crippen LogP contribution in [0.3, 0.4) is 0 Å². The summed E-state index contributed by atoms with van der Waals surface area (Å²) < 4.78 is 19.4. The molecule has 0 aliphatic heterocycles. The van der Waals surface area contributed by atoms with E-state index in [9.17, 15) is 0 Å². The molecule has 3 aromatic carbocycles. The van der Waals surface area contributed by atoms with Crippen LogP contribution in [0, 0.1) is 13.8 Å². The normalized spacial score (nSPS) is 11.0. The minimum absolute atomic E-state index is 0.404. The second kappa shape index (κ2) is 10.6. The van der Waals surface area contributed by atoms with Crippen LogP contribution in [0.25, 0.3) is 11.0 Å². The molecular formula is C27H29ClN2O3. The van der Waals surface area contributed by atoms with Crippen molar-refractivity contribution in [2.24, 2.45) is 0 Å². The molecule has 0 aliphatic rings. The van der Waals surface area contributed by atoms with Crippen LogP contribution in [0.1, 0.15) is 29.8 Å². The molecule has 6 heteroatoms. The second-order valence-electron chi connectivity index (χ2n) is 8.06. The molecule has 0 bridgehead atoms. The van der Waals surface area contributed by atoms with Crippen LogP contribution in [0.15, 0.2) is 60.7 Å². The second-order valence-corrected chi connectivity index (χ2v) is 8.44. The quantitative estimate of drug-likeness (QED) is 0.243. The number of imidazole rings is 1. The third kappa shape index (κ3) is 5.60. The van der Waals surface area contributed by atoms with E-state index in [1.807, 2.05) is 68.4 Å². The van der Waals surface area contributed by atoms with Crippen molar-refractivity contribution in [1.82, 2.24) is 9.55 Å². The van der Waals surface area contributed by atoms with Gasteiger partial charge >= 0.3 is 0 Å². The number of aryl methyl sites for hydroxylation is 3. The molecular weight excluding hydrogens is 436 g/mol. The Morgan fingerprint density at radius 3 is 2.27 bits per heavy atom. The van der Waals surface area contributed by atoms with E-state index in [0.717, 1.165) is 69.6 Å². The van der Waals surface area contributed by atoms with Gasteiger partial charge in [0.1, 0.15) is 29.7 Å². The lowest BCUT2D eigenvalue weighted by Gasteiger charge is -2.12. The molecule has 0 saturated heterocycles. The van der Waals surface area contributed by atoms with Crippen molar-refractivity contribution in [3.8, 4) is 17.2 Å². The van der Waals surface area contributed by atoms with E-state index < -0.39 is 0 Å². The van der Waals surface area contributed by atoms with Gasteiger partial charge in [0, 0.05) is 11.6 Å². The lowest BCUT2D eigenvalue weighted by atomic mass is 10.1. The van der Waals surface area contributed by atoms with E-state index in [-0.39, 0.29) is 0 Å². The highest BCUT2D eigenvalue weighted by atomic mass is 35.5. The van der Waals surface area contributed by atoms with E-state index in [1.165, 1.54) is 0 Å². The Balaban J connectivity index is 1.37. The van der Waals surface area contributed by atoms with Gasteiger partial charge in [0.05, 0.1) is 24.8 Å². The lowest BCUT2D eigenvalue weighted by molar-refractivity contribution is 0.284. The summed E-state index contributed by atoms with van der Waals surface area (Å²) in [6.07, 6.45) is 1.91. The summed E-state index contributed by atoms with van der Waals surface area (Å²) in [5.41, 5.74) is 4.18. The molecule has 0 aliphatic carbocycles. The minimum Gasteiger partial charge on any atom is -0.497 e. The summed E-state index contributed by atoms with van der Waals surface area (Å²) in [4.78, 5) is 4.81. The molecule has 0 N–H and O–H groups in total. The molecule has 0 unspecified atom stereocenters. The van der Waals surface area contributed by atoms with Gasteiger partial charge in [-0.25, -0.2) is 4.98 Å². The Morgan fingerprint density at radius 1 is 0.848 bits per heavy atom. The molecule has 33 heavy (non-hydrogen) atoms. The van der Waals surface area contributed by atoms with Gasteiger partial charge in [-0.1, -0.05) is 23.7 Å². The molecule has 4 rings (SSSR count). The van der Waals surface area contributed by atoms with Gasteiger partial charge in [-0.3, -0.25) is 0 Å². The Morgan fingerprint density at radius 2 is 1.55 bits per heavy atom. The van der Waals surface area contributed by atoms with Crippen LogP contribution in [0.5, 0.6) is 17.2 Å². The number of hydrogen-bond acceptors (Lipinski definition) is 4. The number of para-hydroxylation sites is 2. The van der Waals surface area contributed by atoms with Crippen molar-refractivity contribution in [1.29, 1.82) is 0 Å². The topological polar surface area (TPSA) is 45.5 Å². The van der Waals surface area contributed by atoms with Gasteiger partial charge in [0.25, 0.3) is 0 Å². The number of aromatic nitrogens is 2. The smallest absolute Gasteiger partial charge is 0.147 e. The molecule has 0 radical (unpaired) electrons. The lowest BCUT2D eigenvalue weighted by Crippen LogP contribution is -2.09. The molecule has 0 spiro atoms. The first-order chi connectivity index (χ1) is 16.0. The van der Waals surface area contributed by atoms with Gasteiger partial charge in [0.15, 0.2) is 0 Å². The fourth-order valence-corrected chi connectivity index (χ4v) is 3.97. The molecule has 0 atom stereocenters. The van der Waals surface area contributed by atoms with Crippen molar-refractivity contribution in [3.05, 3.63) is 82.6 Å². The van der Waals surface area contributed by atoms with E-state index in [4.69, 9.17) is 30.8 Å². The van der Waals surface area contributed by atoms with Crippen molar-refractivity contribution in [3.63, 3.8) is 0 Å². The maximum Gasteiger partial charge on any atom is 0.147 e. The largest absolute Gasteiger partial charge is 0.497 e. The Bertz CT molecular complexity index is 1190. The molecule has 0 fully saturated rings. The van der Waals surface area contributed by atoms with Crippen molar-refractivity contribution in [2.45, 2.75) is 39.8 Å². The maximum absolute atomic E-state index is 6.25. The van der Waals surface area contributed by atoms with Crippen molar-refractivity contribution >= 4 is 22.6 Å². The predicted octanol–water partition coefficient (Wildman–Crippen LogP) is 6.75. The van der Waals surface area contributed by atoms with Gasteiger partial charge < -0.3 is 18.8 Å². The van der Waals surface area contributed by atoms with Crippen LogP contribution in [-0.2, 0) is 13.2 Å². The first-order valence-electron chi connectivity index (χ1n) is 11.2. The van der Waals surface area contributed by atoms with Crippen LogP contribution < -0.4 is 14.2 Å². The van der Waals surface area contributed by atoms with Crippen molar-refractivity contribution in [2.75, 3.05) is 13.7 Å². The predicted molar refractivity (Wildman–Crippen MR) is 133 cm³/mol.